The van der Waals surface area contributed by atoms with Crippen LogP contribution in [0, 0.1) is 0 Å². The lowest BCUT2D eigenvalue weighted by Gasteiger charge is -2.07. The van der Waals surface area contributed by atoms with Crippen LogP contribution in [0.4, 0.5) is 0 Å². The van der Waals surface area contributed by atoms with E-state index in [1.165, 1.54) is 12.5 Å². The van der Waals surface area contributed by atoms with Gasteiger partial charge in [0, 0.05) is 11.9 Å². The van der Waals surface area contributed by atoms with E-state index in [1.807, 2.05) is 30.3 Å². The van der Waals surface area contributed by atoms with Gasteiger partial charge in [-0.05, 0) is 24.3 Å². The number of para-hydroxylation sites is 1. The molecule has 2 aromatic heterocycles. The number of esters is 1. The zero-order valence-corrected chi connectivity index (χ0v) is 11.6. The fourth-order valence-electron chi connectivity index (χ4n) is 2.03. The number of aromatic nitrogens is 3. The Morgan fingerprint density at radius 3 is 2.68 bits per heavy atom. The van der Waals surface area contributed by atoms with Crippen LogP contribution in [0.3, 0.4) is 0 Å². The van der Waals surface area contributed by atoms with E-state index in [0.717, 1.165) is 5.69 Å². The van der Waals surface area contributed by atoms with Crippen molar-refractivity contribution >= 4 is 11.8 Å². The fourth-order valence-corrected chi connectivity index (χ4v) is 2.03. The van der Waals surface area contributed by atoms with E-state index in [0.29, 0.717) is 5.69 Å². The van der Waals surface area contributed by atoms with Crippen molar-refractivity contribution in [2.75, 3.05) is 6.61 Å². The molecule has 3 rings (SSSR count). The van der Waals surface area contributed by atoms with E-state index in [1.54, 1.807) is 22.9 Å². The Morgan fingerprint density at radius 2 is 1.95 bits per heavy atom. The number of nitrogens with zero attached hydrogens (tertiary/aromatic N) is 2. The average molecular weight is 295 g/mol. The molecule has 1 aromatic carbocycles. The summed E-state index contributed by atoms with van der Waals surface area (Å²) in [5.41, 5.74) is 1.47. The molecular weight excluding hydrogens is 282 g/mol. The van der Waals surface area contributed by atoms with Crippen LogP contribution in [0.5, 0.6) is 0 Å². The first-order chi connectivity index (χ1) is 10.8. The van der Waals surface area contributed by atoms with E-state index in [4.69, 9.17) is 4.74 Å². The molecule has 2 heterocycles. The standard InChI is InChI=1S/C16H13N3O3/c20-15(13-7-4-8-18-13)10-22-16(21)14-9-17-11-19(14)12-5-2-1-3-6-12/h1-9,11,18H,10H2. The summed E-state index contributed by atoms with van der Waals surface area (Å²) in [6.45, 7) is -0.320. The van der Waals surface area contributed by atoms with Gasteiger partial charge in [-0.3, -0.25) is 9.36 Å². The van der Waals surface area contributed by atoms with Crippen LogP contribution in [0.15, 0.2) is 61.2 Å². The van der Waals surface area contributed by atoms with E-state index in [-0.39, 0.29) is 18.1 Å². The molecule has 0 unspecified atom stereocenters. The number of imidazole rings is 1. The zero-order chi connectivity index (χ0) is 15.4. The Bertz CT molecular complexity index is 776. The summed E-state index contributed by atoms with van der Waals surface area (Å²) in [4.78, 5) is 30.7. The molecule has 110 valence electrons. The number of nitrogens with one attached hydrogen (secondary N) is 1. The highest BCUT2D eigenvalue weighted by Gasteiger charge is 2.16. The summed E-state index contributed by atoms with van der Waals surface area (Å²) < 4.78 is 6.68. The lowest BCUT2D eigenvalue weighted by Crippen LogP contribution is -2.16. The van der Waals surface area contributed by atoms with Gasteiger partial charge in [-0.25, -0.2) is 9.78 Å². The van der Waals surface area contributed by atoms with Crippen LogP contribution in [-0.4, -0.2) is 32.9 Å². The molecule has 6 nitrogen and oxygen atoms in total. The number of hydrogen-bond acceptors (Lipinski definition) is 4. The van der Waals surface area contributed by atoms with Gasteiger partial charge in [0.2, 0.25) is 5.78 Å². The average Bonchev–Trinajstić information content (AvgIpc) is 3.24. The first-order valence-corrected chi connectivity index (χ1v) is 6.67. The van der Waals surface area contributed by atoms with Crippen molar-refractivity contribution in [2.45, 2.75) is 0 Å². The van der Waals surface area contributed by atoms with Crippen LogP contribution in [0.25, 0.3) is 5.69 Å². The number of ketones is 1. The van der Waals surface area contributed by atoms with Gasteiger partial charge in [-0.2, -0.15) is 0 Å². The molecule has 3 aromatic rings. The van der Waals surface area contributed by atoms with Crippen molar-refractivity contribution < 1.29 is 14.3 Å². The molecular formula is C16H13N3O3. The summed E-state index contributed by atoms with van der Waals surface area (Å²) >= 11 is 0. The van der Waals surface area contributed by atoms with Gasteiger partial charge in [0.15, 0.2) is 12.3 Å². The summed E-state index contributed by atoms with van der Waals surface area (Å²) in [5.74, 6) is -0.884. The maximum Gasteiger partial charge on any atom is 0.357 e. The number of carbonyl (C=O) groups excluding carboxylic acids is 2. The summed E-state index contributed by atoms with van der Waals surface area (Å²) in [5, 5.41) is 0. The Morgan fingerprint density at radius 1 is 1.14 bits per heavy atom. The predicted octanol–water partition coefficient (Wildman–Crippen LogP) is 2.24. The molecule has 0 aliphatic heterocycles. The van der Waals surface area contributed by atoms with Crippen LogP contribution in [0.2, 0.25) is 0 Å². The van der Waals surface area contributed by atoms with Gasteiger partial charge in [0.1, 0.15) is 0 Å². The van der Waals surface area contributed by atoms with Crippen molar-refractivity contribution in [2.24, 2.45) is 0 Å². The lowest BCUT2D eigenvalue weighted by molar-refractivity contribution is 0.0465. The number of aromatic amines is 1. The highest BCUT2D eigenvalue weighted by molar-refractivity contribution is 5.97. The second-order valence-electron chi connectivity index (χ2n) is 4.57. The molecule has 0 amide bonds. The Labute approximate surface area is 126 Å². The quantitative estimate of drug-likeness (QED) is 0.578. The SMILES string of the molecule is O=C(COC(=O)c1cncn1-c1ccccc1)c1ccc[nH]1. The smallest absolute Gasteiger partial charge is 0.357 e. The Balaban J connectivity index is 1.71. The first-order valence-electron chi connectivity index (χ1n) is 6.67. The van der Waals surface area contributed by atoms with Crippen molar-refractivity contribution in [1.82, 2.24) is 14.5 Å². The van der Waals surface area contributed by atoms with Crippen LogP contribution >= 0.6 is 0 Å². The fraction of sp³-hybridized carbons (Fsp3) is 0.0625. The number of H-pyrrole nitrogens is 1. The molecule has 0 fully saturated rings. The third kappa shape index (κ3) is 2.80. The topological polar surface area (TPSA) is 77.0 Å². The van der Waals surface area contributed by atoms with Gasteiger partial charge >= 0.3 is 5.97 Å². The minimum Gasteiger partial charge on any atom is -0.452 e. The minimum absolute atomic E-state index is 0.269. The lowest BCUT2D eigenvalue weighted by atomic mass is 10.3. The van der Waals surface area contributed by atoms with E-state index < -0.39 is 5.97 Å². The second kappa shape index (κ2) is 6.09. The predicted molar refractivity (Wildman–Crippen MR) is 79.0 cm³/mol. The number of carbonyl (C=O) groups is 2. The molecule has 6 heteroatoms. The van der Waals surface area contributed by atoms with Crippen LogP contribution < -0.4 is 0 Å². The van der Waals surface area contributed by atoms with Crippen molar-refractivity contribution in [3.63, 3.8) is 0 Å². The summed E-state index contributed by atoms with van der Waals surface area (Å²) in [6, 6.07) is 12.6. The van der Waals surface area contributed by atoms with E-state index in [9.17, 15) is 9.59 Å². The summed E-state index contributed by atoms with van der Waals surface area (Å²) in [6.07, 6.45) is 4.58. The van der Waals surface area contributed by atoms with E-state index >= 15 is 0 Å². The maximum absolute atomic E-state index is 12.1. The largest absolute Gasteiger partial charge is 0.452 e. The number of hydrogen-bond donors (Lipinski definition) is 1. The highest BCUT2D eigenvalue weighted by Crippen LogP contribution is 2.12. The molecule has 0 aliphatic rings. The molecule has 0 aliphatic carbocycles. The first kappa shape index (κ1) is 13.8. The van der Waals surface area contributed by atoms with E-state index in [2.05, 4.69) is 9.97 Å². The molecule has 0 atom stereocenters. The van der Waals surface area contributed by atoms with Gasteiger partial charge in [-0.1, -0.05) is 18.2 Å². The van der Waals surface area contributed by atoms with Gasteiger partial charge in [-0.15, -0.1) is 0 Å². The second-order valence-corrected chi connectivity index (χ2v) is 4.57. The third-order valence-electron chi connectivity index (χ3n) is 3.11. The minimum atomic E-state index is -0.596. The van der Waals surface area contributed by atoms with Crippen molar-refractivity contribution in [3.8, 4) is 5.69 Å². The van der Waals surface area contributed by atoms with Crippen molar-refractivity contribution in [3.05, 3.63) is 72.6 Å². The van der Waals surface area contributed by atoms with Crippen LogP contribution in [0.1, 0.15) is 21.0 Å². The molecule has 22 heavy (non-hydrogen) atoms. The molecule has 0 saturated carbocycles. The molecule has 1 N–H and O–H groups in total. The monoisotopic (exact) mass is 295 g/mol. The number of rotatable bonds is 5. The Hall–Kier alpha value is -3.15. The molecule has 0 radical (unpaired) electrons. The number of Topliss-reactive ketones (excluding diaryl/α,β-unsaturated/α-hetero) is 1. The molecule has 0 spiro atoms. The Kier molecular flexibility index (Phi) is 3.82. The normalized spacial score (nSPS) is 10.4. The molecule has 0 saturated heterocycles. The van der Waals surface area contributed by atoms with Gasteiger partial charge < -0.3 is 9.72 Å². The summed E-state index contributed by atoms with van der Waals surface area (Å²) in [7, 11) is 0. The zero-order valence-electron chi connectivity index (χ0n) is 11.6. The number of ether oxygens (including phenoxy) is 1. The van der Waals surface area contributed by atoms with Gasteiger partial charge in [0.25, 0.3) is 0 Å². The molecule has 0 bridgehead atoms. The van der Waals surface area contributed by atoms with Crippen molar-refractivity contribution in [1.29, 1.82) is 0 Å². The third-order valence-corrected chi connectivity index (χ3v) is 3.11. The highest BCUT2D eigenvalue weighted by atomic mass is 16.5. The van der Waals surface area contributed by atoms with Gasteiger partial charge in [0.05, 0.1) is 18.2 Å². The number of benzene rings is 1. The van der Waals surface area contributed by atoms with Crippen LogP contribution in [-0.2, 0) is 4.74 Å². The maximum atomic E-state index is 12.1.